The largest absolute Gasteiger partial charge is 0.481 e. The third kappa shape index (κ3) is 3.67. The maximum atomic E-state index is 12.1. The molecule has 2 saturated heterocycles. The number of carboxylic acids is 1. The molecule has 0 aromatic rings. The number of carbonyl (C=O) groups excluding carboxylic acids is 1. The number of ether oxygens (including phenoxy) is 2. The monoisotopic (exact) mass is 299 g/mol. The van der Waals surface area contributed by atoms with Gasteiger partial charge in [0.1, 0.15) is 5.60 Å². The molecule has 0 saturated carbocycles. The Morgan fingerprint density at radius 1 is 1.24 bits per heavy atom. The smallest absolute Gasteiger partial charge is 0.410 e. The third-order valence-electron chi connectivity index (χ3n) is 4.48. The summed E-state index contributed by atoms with van der Waals surface area (Å²) in [5.41, 5.74) is -0.739. The molecule has 2 heterocycles. The molecule has 0 radical (unpaired) electrons. The van der Waals surface area contributed by atoms with Crippen LogP contribution in [-0.2, 0) is 14.3 Å². The Balaban J connectivity index is 1.98. The lowest BCUT2D eigenvalue weighted by Gasteiger charge is -2.47. The fourth-order valence-electron chi connectivity index (χ4n) is 3.22. The second kappa shape index (κ2) is 5.83. The lowest BCUT2D eigenvalue weighted by atomic mass is 9.66. The molecule has 6 heteroatoms. The molecule has 1 amide bonds. The average Bonchev–Trinajstić information content (AvgIpc) is 2.37. The van der Waals surface area contributed by atoms with Gasteiger partial charge in [0.25, 0.3) is 0 Å². The van der Waals surface area contributed by atoms with Gasteiger partial charge in [-0.05, 0) is 45.4 Å². The molecule has 1 atom stereocenters. The van der Waals surface area contributed by atoms with Crippen LogP contribution in [0, 0.1) is 11.3 Å². The summed E-state index contributed by atoms with van der Waals surface area (Å²) in [6.07, 6.45) is 1.85. The van der Waals surface area contributed by atoms with Crippen molar-refractivity contribution in [2.75, 3.05) is 26.3 Å². The van der Waals surface area contributed by atoms with Crippen molar-refractivity contribution in [2.45, 2.75) is 45.6 Å². The number of piperidine rings is 1. The van der Waals surface area contributed by atoms with Crippen molar-refractivity contribution >= 4 is 12.1 Å². The van der Waals surface area contributed by atoms with E-state index in [4.69, 9.17) is 9.47 Å². The molecule has 0 bridgehead atoms. The van der Waals surface area contributed by atoms with Crippen molar-refractivity contribution in [2.24, 2.45) is 11.3 Å². The summed E-state index contributed by atoms with van der Waals surface area (Å²) in [7, 11) is 0. The highest BCUT2D eigenvalue weighted by molar-refractivity contribution is 5.72. The Kier molecular flexibility index (Phi) is 4.46. The molecule has 0 aliphatic carbocycles. The maximum Gasteiger partial charge on any atom is 0.410 e. The molecule has 0 aromatic heterocycles. The molecule has 2 aliphatic rings. The molecule has 0 aromatic carbocycles. The average molecular weight is 299 g/mol. The Morgan fingerprint density at radius 2 is 1.86 bits per heavy atom. The number of carbonyl (C=O) groups is 2. The predicted molar refractivity (Wildman–Crippen MR) is 76.0 cm³/mol. The molecular formula is C15H25NO5. The van der Waals surface area contributed by atoms with Gasteiger partial charge in [0, 0.05) is 19.7 Å². The topological polar surface area (TPSA) is 76.1 Å². The van der Waals surface area contributed by atoms with Crippen LogP contribution in [-0.4, -0.2) is 54.0 Å². The molecule has 21 heavy (non-hydrogen) atoms. The van der Waals surface area contributed by atoms with Crippen LogP contribution in [0.2, 0.25) is 0 Å². The Hall–Kier alpha value is -1.30. The summed E-state index contributed by atoms with van der Waals surface area (Å²) in [6.45, 7) is 7.52. The maximum absolute atomic E-state index is 12.1. The lowest BCUT2D eigenvalue weighted by Crippen LogP contribution is -2.52. The van der Waals surface area contributed by atoms with Gasteiger partial charge in [0.15, 0.2) is 0 Å². The van der Waals surface area contributed by atoms with E-state index in [1.807, 2.05) is 20.8 Å². The first-order chi connectivity index (χ1) is 9.73. The van der Waals surface area contributed by atoms with Crippen molar-refractivity contribution in [1.82, 2.24) is 4.90 Å². The standard InChI is InChI=1S/C15H25NO5/c1-14(2,3)21-13(19)16-7-4-15(5-8-16)6-9-20-10-11(15)12(17)18/h11H,4-10H2,1-3H3,(H,17,18). The molecule has 1 spiro atoms. The number of nitrogens with zero attached hydrogens (tertiary/aromatic N) is 1. The zero-order chi connectivity index (χ0) is 15.7. The minimum atomic E-state index is -0.791. The minimum absolute atomic E-state index is 0.234. The summed E-state index contributed by atoms with van der Waals surface area (Å²) in [5.74, 6) is -1.26. The summed E-state index contributed by atoms with van der Waals surface area (Å²) in [5, 5.41) is 9.40. The van der Waals surface area contributed by atoms with Crippen LogP contribution in [0.4, 0.5) is 4.79 Å². The highest BCUT2D eigenvalue weighted by Crippen LogP contribution is 2.44. The van der Waals surface area contributed by atoms with Crippen LogP contribution >= 0.6 is 0 Å². The predicted octanol–water partition coefficient (Wildman–Crippen LogP) is 2.12. The zero-order valence-corrected chi connectivity index (χ0v) is 13.1. The number of aliphatic carboxylic acids is 1. The van der Waals surface area contributed by atoms with E-state index in [2.05, 4.69) is 0 Å². The van der Waals surface area contributed by atoms with Crippen LogP contribution in [0.1, 0.15) is 40.0 Å². The normalized spacial score (nSPS) is 25.7. The van der Waals surface area contributed by atoms with Gasteiger partial charge < -0.3 is 19.5 Å². The van der Waals surface area contributed by atoms with Crippen LogP contribution in [0.15, 0.2) is 0 Å². The van der Waals surface area contributed by atoms with Crippen LogP contribution in [0.3, 0.4) is 0 Å². The van der Waals surface area contributed by atoms with E-state index in [-0.39, 0.29) is 18.1 Å². The molecule has 2 fully saturated rings. The fraction of sp³-hybridized carbons (Fsp3) is 0.867. The molecule has 6 nitrogen and oxygen atoms in total. The highest BCUT2D eigenvalue weighted by Gasteiger charge is 2.47. The Labute approximate surface area is 125 Å². The molecule has 120 valence electrons. The zero-order valence-electron chi connectivity index (χ0n) is 13.1. The van der Waals surface area contributed by atoms with E-state index in [1.54, 1.807) is 4.90 Å². The first kappa shape index (κ1) is 16.1. The van der Waals surface area contributed by atoms with Gasteiger partial charge in [-0.3, -0.25) is 4.79 Å². The molecule has 2 rings (SSSR count). The van der Waals surface area contributed by atoms with E-state index < -0.39 is 17.5 Å². The number of likely N-dealkylation sites (tertiary alicyclic amines) is 1. The third-order valence-corrected chi connectivity index (χ3v) is 4.48. The van der Waals surface area contributed by atoms with Gasteiger partial charge in [-0.2, -0.15) is 0 Å². The van der Waals surface area contributed by atoms with Crippen molar-refractivity contribution in [1.29, 1.82) is 0 Å². The number of amides is 1. The van der Waals surface area contributed by atoms with Crippen molar-refractivity contribution in [3.8, 4) is 0 Å². The second-order valence-corrected chi connectivity index (χ2v) is 7.05. The SMILES string of the molecule is CC(C)(C)OC(=O)N1CCC2(CCOCC2C(=O)O)CC1. The molecule has 1 unspecified atom stereocenters. The van der Waals surface area contributed by atoms with Crippen LogP contribution in [0.5, 0.6) is 0 Å². The van der Waals surface area contributed by atoms with Gasteiger partial charge in [0.2, 0.25) is 0 Å². The summed E-state index contributed by atoms with van der Waals surface area (Å²) in [4.78, 5) is 25.2. The van der Waals surface area contributed by atoms with E-state index in [0.717, 1.165) is 6.42 Å². The lowest BCUT2D eigenvalue weighted by molar-refractivity contribution is -0.159. The van der Waals surface area contributed by atoms with Crippen molar-refractivity contribution < 1.29 is 24.2 Å². The Bertz CT molecular complexity index is 407. The highest BCUT2D eigenvalue weighted by atomic mass is 16.6. The van der Waals surface area contributed by atoms with Gasteiger partial charge in [0.05, 0.1) is 12.5 Å². The number of hydrogen-bond acceptors (Lipinski definition) is 4. The van der Waals surface area contributed by atoms with Gasteiger partial charge in [-0.25, -0.2) is 4.79 Å². The Morgan fingerprint density at radius 3 is 2.38 bits per heavy atom. The number of rotatable bonds is 1. The van der Waals surface area contributed by atoms with E-state index in [9.17, 15) is 14.7 Å². The van der Waals surface area contributed by atoms with Crippen LogP contribution < -0.4 is 0 Å². The number of hydrogen-bond donors (Lipinski definition) is 1. The van der Waals surface area contributed by atoms with E-state index in [1.165, 1.54) is 0 Å². The fourth-order valence-corrected chi connectivity index (χ4v) is 3.22. The molecule has 1 N–H and O–H groups in total. The van der Waals surface area contributed by atoms with Gasteiger partial charge in [-0.1, -0.05) is 0 Å². The summed E-state index contributed by atoms with van der Waals surface area (Å²) < 4.78 is 10.7. The molecule has 2 aliphatic heterocycles. The quantitative estimate of drug-likeness (QED) is 0.802. The first-order valence-electron chi connectivity index (χ1n) is 7.52. The van der Waals surface area contributed by atoms with Crippen molar-refractivity contribution in [3.63, 3.8) is 0 Å². The number of carboxylic acid groups (broad SMARTS) is 1. The van der Waals surface area contributed by atoms with Crippen LogP contribution in [0.25, 0.3) is 0 Å². The van der Waals surface area contributed by atoms with Gasteiger partial charge >= 0.3 is 12.1 Å². The second-order valence-electron chi connectivity index (χ2n) is 7.05. The van der Waals surface area contributed by atoms with Gasteiger partial charge in [-0.15, -0.1) is 0 Å². The summed E-state index contributed by atoms with van der Waals surface area (Å²) >= 11 is 0. The van der Waals surface area contributed by atoms with Crippen molar-refractivity contribution in [3.05, 3.63) is 0 Å². The minimum Gasteiger partial charge on any atom is -0.481 e. The first-order valence-corrected chi connectivity index (χ1v) is 7.52. The molecular weight excluding hydrogens is 274 g/mol. The summed E-state index contributed by atoms with van der Waals surface area (Å²) in [6, 6.07) is 0. The van der Waals surface area contributed by atoms with E-state index in [0.29, 0.717) is 32.5 Å². The van der Waals surface area contributed by atoms with E-state index >= 15 is 0 Å².